The number of aromatic nitrogens is 2. The van der Waals surface area contributed by atoms with Gasteiger partial charge in [0, 0.05) is 23.7 Å². The monoisotopic (exact) mass is 422 g/mol. The molecule has 0 aliphatic carbocycles. The highest BCUT2D eigenvalue weighted by Gasteiger charge is 2.22. The van der Waals surface area contributed by atoms with E-state index in [-0.39, 0.29) is 17.8 Å². The van der Waals surface area contributed by atoms with Crippen molar-refractivity contribution in [3.8, 4) is 11.5 Å². The van der Waals surface area contributed by atoms with Gasteiger partial charge in [-0.25, -0.2) is 0 Å². The summed E-state index contributed by atoms with van der Waals surface area (Å²) in [7, 11) is 0. The fourth-order valence-electron chi connectivity index (χ4n) is 3.60. The molecular formula is C24H30N4O3. The van der Waals surface area contributed by atoms with Crippen molar-refractivity contribution in [2.75, 3.05) is 0 Å². The molecule has 0 bridgehead atoms. The molecule has 0 saturated carbocycles. The number of nitro groups is 1. The number of nitrogens with zero attached hydrogens (tertiary/aromatic N) is 3. The number of nitrogens with one attached hydrogen (secondary N) is 1. The number of rotatable bonds is 9. The minimum atomic E-state index is -0.434. The third-order valence-electron chi connectivity index (χ3n) is 5.22. The third kappa shape index (κ3) is 5.76. The average molecular weight is 423 g/mol. The van der Waals surface area contributed by atoms with Crippen molar-refractivity contribution in [1.82, 2.24) is 15.5 Å². The van der Waals surface area contributed by atoms with Crippen LogP contribution >= 0.6 is 0 Å². The van der Waals surface area contributed by atoms with Crippen LogP contribution in [0.1, 0.15) is 63.7 Å². The van der Waals surface area contributed by atoms with Crippen LogP contribution in [0.5, 0.6) is 0 Å². The van der Waals surface area contributed by atoms with Crippen molar-refractivity contribution in [1.29, 1.82) is 0 Å². The van der Waals surface area contributed by atoms with Crippen LogP contribution in [0.15, 0.2) is 52.9 Å². The fourth-order valence-corrected chi connectivity index (χ4v) is 3.60. The molecule has 0 aliphatic rings. The predicted octanol–water partition coefficient (Wildman–Crippen LogP) is 5.89. The lowest BCUT2D eigenvalue weighted by Gasteiger charge is -2.26. The van der Waals surface area contributed by atoms with Crippen LogP contribution in [0, 0.1) is 22.0 Å². The van der Waals surface area contributed by atoms with Gasteiger partial charge in [0.25, 0.3) is 5.69 Å². The van der Waals surface area contributed by atoms with Crippen LogP contribution in [-0.2, 0) is 6.42 Å². The van der Waals surface area contributed by atoms with E-state index in [2.05, 4.69) is 67.5 Å². The first-order valence-electron chi connectivity index (χ1n) is 10.7. The number of hydrogen-bond donors (Lipinski definition) is 1. The lowest BCUT2D eigenvalue weighted by Crippen LogP contribution is -2.28. The molecule has 7 heteroatoms. The Morgan fingerprint density at radius 2 is 1.61 bits per heavy atom. The van der Waals surface area contributed by atoms with Gasteiger partial charge in [-0.2, -0.15) is 0 Å². The van der Waals surface area contributed by atoms with Gasteiger partial charge in [-0.3, -0.25) is 15.4 Å². The Kier molecular flexibility index (Phi) is 7.17. The van der Waals surface area contributed by atoms with Gasteiger partial charge in [-0.15, -0.1) is 10.2 Å². The van der Waals surface area contributed by atoms with E-state index in [1.807, 2.05) is 6.92 Å². The van der Waals surface area contributed by atoms with Gasteiger partial charge < -0.3 is 4.42 Å². The molecule has 3 rings (SSSR count). The summed E-state index contributed by atoms with van der Waals surface area (Å²) in [4.78, 5) is 10.4. The first-order chi connectivity index (χ1) is 14.7. The van der Waals surface area contributed by atoms with E-state index in [4.69, 9.17) is 4.42 Å². The molecule has 0 aliphatic heterocycles. The number of benzene rings is 2. The van der Waals surface area contributed by atoms with Crippen LogP contribution in [0.25, 0.3) is 11.5 Å². The molecule has 1 heterocycles. The van der Waals surface area contributed by atoms with Crippen LogP contribution in [0.4, 0.5) is 5.69 Å². The van der Waals surface area contributed by atoms with Crippen molar-refractivity contribution < 1.29 is 9.34 Å². The summed E-state index contributed by atoms with van der Waals surface area (Å²) in [5.41, 5.74) is 3.25. The second-order valence-corrected chi connectivity index (χ2v) is 8.70. The number of nitro benzene ring substituents is 1. The average Bonchev–Trinajstić information content (AvgIpc) is 3.22. The lowest BCUT2D eigenvalue weighted by molar-refractivity contribution is -0.384. The van der Waals surface area contributed by atoms with E-state index in [1.165, 1.54) is 23.3 Å². The Morgan fingerprint density at radius 3 is 2.16 bits per heavy atom. The molecule has 0 spiro atoms. The Labute approximate surface area is 183 Å². The first kappa shape index (κ1) is 22.6. The Balaban J connectivity index is 1.72. The molecule has 0 amide bonds. The van der Waals surface area contributed by atoms with Crippen molar-refractivity contribution >= 4 is 5.69 Å². The van der Waals surface area contributed by atoms with Crippen LogP contribution < -0.4 is 5.32 Å². The van der Waals surface area contributed by atoms with Crippen LogP contribution in [0.2, 0.25) is 0 Å². The van der Waals surface area contributed by atoms with Gasteiger partial charge in [0.05, 0.1) is 11.0 Å². The Bertz CT molecular complexity index is 994. The molecule has 2 atom stereocenters. The smallest absolute Gasteiger partial charge is 0.269 e. The maximum atomic E-state index is 10.8. The normalized spacial score (nSPS) is 13.5. The van der Waals surface area contributed by atoms with Crippen molar-refractivity contribution in [2.45, 2.75) is 53.1 Å². The molecular weight excluding hydrogens is 392 g/mol. The molecule has 0 unspecified atom stereocenters. The Morgan fingerprint density at radius 1 is 0.968 bits per heavy atom. The maximum absolute atomic E-state index is 10.8. The van der Waals surface area contributed by atoms with Gasteiger partial charge >= 0.3 is 0 Å². The molecule has 0 fully saturated rings. The van der Waals surface area contributed by atoms with Gasteiger partial charge in [-0.05, 0) is 48.4 Å². The first-order valence-corrected chi connectivity index (χ1v) is 10.7. The highest BCUT2D eigenvalue weighted by molar-refractivity contribution is 5.55. The maximum Gasteiger partial charge on any atom is 0.269 e. The number of non-ortho nitro benzene ring substituents is 1. The SMILES string of the molecule is CC(C)Cc1ccc([C@H](N[C@H](C)c2nnc(-c3ccc([N+](=O)[O-])cc3)o2)C(C)C)cc1. The highest BCUT2D eigenvalue weighted by atomic mass is 16.6. The van der Waals surface area contributed by atoms with E-state index in [0.717, 1.165) is 6.42 Å². The van der Waals surface area contributed by atoms with Gasteiger partial charge in [-0.1, -0.05) is 52.0 Å². The highest BCUT2D eigenvalue weighted by Crippen LogP contribution is 2.28. The van der Waals surface area contributed by atoms with Gasteiger partial charge in [0.1, 0.15) is 0 Å². The third-order valence-corrected chi connectivity index (χ3v) is 5.22. The lowest BCUT2D eigenvalue weighted by atomic mass is 9.93. The largest absolute Gasteiger partial charge is 0.419 e. The molecule has 0 radical (unpaired) electrons. The summed E-state index contributed by atoms with van der Waals surface area (Å²) in [6.45, 7) is 10.8. The van der Waals surface area contributed by atoms with E-state index >= 15 is 0 Å². The quantitative estimate of drug-likeness (QED) is 0.341. The van der Waals surface area contributed by atoms with Crippen molar-refractivity contribution in [3.63, 3.8) is 0 Å². The second kappa shape index (κ2) is 9.83. The van der Waals surface area contributed by atoms with E-state index in [0.29, 0.717) is 29.2 Å². The van der Waals surface area contributed by atoms with E-state index < -0.39 is 4.92 Å². The topological polar surface area (TPSA) is 94.1 Å². The number of hydrogen-bond acceptors (Lipinski definition) is 6. The molecule has 0 saturated heterocycles. The van der Waals surface area contributed by atoms with Crippen LogP contribution in [0.3, 0.4) is 0 Å². The fraction of sp³-hybridized carbons (Fsp3) is 0.417. The summed E-state index contributed by atoms with van der Waals surface area (Å²) in [6.07, 6.45) is 1.07. The standard InChI is InChI=1S/C24H30N4O3/c1-15(2)14-18-6-8-19(9-7-18)22(16(3)4)25-17(5)23-26-27-24(31-23)20-10-12-21(13-11-20)28(29)30/h6-13,15-17,22,25H,14H2,1-5H3/t17-,22-/m1/s1. The van der Waals surface area contributed by atoms with E-state index in [1.54, 1.807) is 12.1 Å². The van der Waals surface area contributed by atoms with Gasteiger partial charge in [0.15, 0.2) is 0 Å². The molecule has 2 aromatic carbocycles. The van der Waals surface area contributed by atoms with Crippen molar-refractivity contribution in [2.24, 2.45) is 11.8 Å². The minimum Gasteiger partial charge on any atom is -0.419 e. The predicted molar refractivity (Wildman–Crippen MR) is 121 cm³/mol. The molecule has 1 N–H and O–H groups in total. The summed E-state index contributed by atoms with van der Waals surface area (Å²) >= 11 is 0. The summed E-state index contributed by atoms with van der Waals surface area (Å²) in [5, 5.41) is 22.8. The molecule has 31 heavy (non-hydrogen) atoms. The zero-order chi connectivity index (χ0) is 22.5. The molecule has 7 nitrogen and oxygen atoms in total. The zero-order valence-corrected chi connectivity index (χ0v) is 18.7. The van der Waals surface area contributed by atoms with E-state index in [9.17, 15) is 10.1 Å². The van der Waals surface area contributed by atoms with Gasteiger partial charge in [0.2, 0.25) is 11.8 Å². The summed E-state index contributed by atoms with van der Waals surface area (Å²) in [6, 6.07) is 14.9. The minimum absolute atomic E-state index is 0.0257. The second-order valence-electron chi connectivity index (χ2n) is 8.70. The van der Waals surface area contributed by atoms with Crippen molar-refractivity contribution in [3.05, 3.63) is 75.7 Å². The Hall–Kier alpha value is -3.06. The molecule has 3 aromatic rings. The summed E-state index contributed by atoms with van der Waals surface area (Å²) < 4.78 is 5.86. The summed E-state index contributed by atoms with van der Waals surface area (Å²) in [5.74, 6) is 1.83. The molecule has 164 valence electrons. The zero-order valence-electron chi connectivity index (χ0n) is 18.7. The molecule has 1 aromatic heterocycles. The van der Waals surface area contributed by atoms with Crippen LogP contribution in [-0.4, -0.2) is 15.1 Å².